The fourth-order valence-electron chi connectivity index (χ4n) is 1.61. The van der Waals surface area contributed by atoms with Gasteiger partial charge >= 0.3 is 0 Å². The van der Waals surface area contributed by atoms with Crippen molar-refractivity contribution in [2.75, 3.05) is 0 Å². The van der Waals surface area contributed by atoms with E-state index in [9.17, 15) is 0 Å². The first-order valence-corrected chi connectivity index (χ1v) is 5.72. The van der Waals surface area contributed by atoms with Gasteiger partial charge in [0, 0.05) is 6.42 Å². The van der Waals surface area contributed by atoms with Gasteiger partial charge in [0.2, 0.25) is 0 Å². The Morgan fingerprint density at radius 2 is 1.80 bits per heavy atom. The molecule has 0 heteroatoms. The van der Waals surface area contributed by atoms with Crippen LogP contribution in [0.2, 0.25) is 0 Å². The van der Waals surface area contributed by atoms with Gasteiger partial charge in [-0.3, -0.25) is 0 Å². The Morgan fingerprint density at radius 3 is 2.33 bits per heavy atom. The van der Waals surface area contributed by atoms with Crippen molar-refractivity contribution in [1.29, 1.82) is 0 Å². The molecule has 0 unspecified atom stereocenters. The number of unbranched alkanes of at least 4 members (excludes halogenated alkanes) is 2. The Labute approximate surface area is 93.7 Å². The SMILES string of the molecule is [C]#CCCCCc1ccc(C(C)C)cc1. The van der Waals surface area contributed by atoms with Gasteiger partial charge in [-0.15, -0.1) is 0 Å². The van der Waals surface area contributed by atoms with Crippen LogP contribution in [-0.4, -0.2) is 0 Å². The topological polar surface area (TPSA) is 0 Å². The van der Waals surface area contributed by atoms with Crippen molar-refractivity contribution in [3.05, 3.63) is 41.8 Å². The lowest BCUT2D eigenvalue weighted by Crippen LogP contribution is -1.89. The summed E-state index contributed by atoms with van der Waals surface area (Å²) >= 11 is 0. The maximum Gasteiger partial charge on any atom is 0.00990 e. The maximum absolute atomic E-state index is 6.81. The van der Waals surface area contributed by atoms with Crippen molar-refractivity contribution >= 4 is 0 Å². The van der Waals surface area contributed by atoms with Crippen LogP contribution in [0.3, 0.4) is 0 Å². The van der Waals surface area contributed by atoms with Crippen LogP contribution in [0.25, 0.3) is 0 Å². The van der Waals surface area contributed by atoms with E-state index in [1.807, 2.05) is 0 Å². The van der Waals surface area contributed by atoms with E-state index in [4.69, 9.17) is 6.42 Å². The normalized spacial score (nSPS) is 10.3. The molecule has 79 valence electrons. The van der Waals surface area contributed by atoms with E-state index in [1.54, 1.807) is 0 Å². The Kier molecular flexibility index (Phi) is 4.98. The molecule has 1 aromatic rings. The largest absolute Gasteiger partial charge is 0.0891 e. The van der Waals surface area contributed by atoms with Gasteiger partial charge in [-0.05, 0) is 42.7 Å². The zero-order valence-electron chi connectivity index (χ0n) is 9.72. The van der Waals surface area contributed by atoms with Gasteiger partial charge in [0.15, 0.2) is 0 Å². The average molecular weight is 199 g/mol. The van der Waals surface area contributed by atoms with Crippen LogP contribution in [0.15, 0.2) is 24.3 Å². The first-order valence-electron chi connectivity index (χ1n) is 5.72. The molecule has 0 bridgehead atoms. The third-order valence-corrected chi connectivity index (χ3v) is 2.66. The fraction of sp³-hybridized carbons (Fsp3) is 0.467. The Balaban J connectivity index is 2.40. The van der Waals surface area contributed by atoms with E-state index in [1.165, 1.54) is 11.1 Å². The molecule has 0 heterocycles. The van der Waals surface area contributed by atoms with E-state index in [-0.39, 0.29) is 0 Å². The number of rotatable bonds is 5. The highest BCUT2D eigenvalue weighted by Crippen LogP contribution is 2.15. The molecule has 0 fully saturated rings. The second-order valence-corrected chi connectivity index (χ2v) is 4.28. The standard InChI is InChI=1S/C15H19/c1-4-5-6-7-8-14-9-11-15(12-10-14)13(2)3/h9-13H,5-8H2,2-3H3. The summed E-state index contributed by atoms with van der Waals surface area (Å²) in [6.45, 7) is 4.43. The van der Waals surface area contributed by atoms with Crippen molar-refractivity contribution in [3.8, 4) is 5.92 Å². The quantitative estimate of drug-likeness (QED) is 0.494. The van der Waals surface area contributed by atoms with Crippen LogP contribution in [0.4, 0.5) is 0 Å². The first-order chi connectivity index (χ1) is 7.24. The molecule has 1 rings (SSSR count). The van der Waals surface area contributed by atoms with Crippen molar-refractivity contribution in [2.45, 2.75) is 45.4 Å². The van der Waals surface area contributed by atoms with Crippen LogP contribution in [-0.2, 0) is 6.42 Å². The lowest BCUT2D eigenvalue weighted by molar-refractivity contribution is 0.755. The van der Waals surface area contributed by atoms with Gasteiger partial charge < -0.3 is 0 Å². The maximum atomic E-state index is 6.81. The van der Waals surface area contributed by atoms with Gasteiger partial charge in [0.05, 0.1) is 0 Å². The highest BCUT2D eigenvalue weighted by Gasteiger charge is 1.98. The highest BCUT2D eigenvalue weighted by molar-refractivity contribution is 5.24. The summed E-state index contributed by atoms with van der Waals surface area (Å²) in [5, 5.41) is 0. The molecular formula is C15H19. The van der Waals surface area contributed by atoms with Crippen LogP contribution in [0.5, 0.6) is 0 Å². The van der Waals surface area contributed by atoms with Gasteiger partial charge in [0.1, 0.15) is 0 Å². The predicted octanol–water partition coefficient (Wildman–Crippen LogP) is 4.11. The van der Waals surface area contributed by atoms with Crippen LogP contribution in [0.1, 0.15) is 50.2 Å². The highest BCUT2D eigenvalue weighted by atomic mass is 14.0. The molecule has 0 aliphatic carbocycles. The molecule has 15 heavy (non-hydrogen) atoms. The Bertz CT molecular complexity index is 311. The van der Waals surface area contributed by atoms with E-state index in [0.29, 0.717) is 5.92 Å². The lowest BCUT2D eigenvalue weighted by Gasteiger charge is -2.06. The molecule has 0 spiro atoms. The molecule has 0 nitrogen and oxygen atoms in total. The zero-order valence-corrected chi connectivity index (χ0v) is 9.72. The summed E-state index contributed by atoms with van der Waals surface area (Å²) in [5.74, 6) is 3.05. The molecule has 0 atom stereocenters. The minimum Gasteiger partial charge on any atom is -0.0891 e. The molecule has 1 radical (unpaired) electrons. The minimum atomic E-state index is 0.617. The van der Waals surface area contributed by atoms with Gasteiger partial charge in [0.25, 0.3) is 0 Å². The lowest BCUT2D eigenvalue weighted by atomic mass is 10.00. The summed E-state index contributed by atoms with van der Waals surface area (Å²) in [4.78, 5) is 0. The van der Waals surface area contributed by atoms with Gasteiger partial charge in [-0.2, -0.15) is 0 Å². The molecule has 0 aromatic heterocycles. The molecular weight excluding hydrogens is 180 g/mol. The van der Waals surface area contributed by atoms with E-state index in [2.05, 4.69) is 44.0 Å². The summed E-state index contributed by atoms with van der Waals surface area (Å²) in [6.07, 6.45) is 11.0. The summed E-state index contributed by atoms with van der Waals surface area (Å²) in [6, 6.07) is 8.90. The third-order valence-electron chi connectivity index (χ3n) is 2.66. The van der Waals surface area contributed by atoms with Crippen molar-refractivity contribution < 1.29 is 0 Å². The monoisotopic (exact) mass is 199 g/mol. The number of aryl methyl sites for hydroxylation is 1. The van der Waals surface area contributed by atoms with Crippen molar-refractivity contribution in [3.63, 3.8) is 0 Å². The number of benzene rings is 1. The number of hydrogen-bond donors (Lipinski definition) is 0. The fourth-order valence-corrected chi connectivity index (χ4v) is 1.61. The van der Waals surface area contributed by atoms with E-state index >= 15 is 0 Å². The summed E-state index contributed by atoms with van der Waals surface area (Å²) in [5.41, 5.74) is 2.82. The van der Waals surface area contributed by atoms with Crippen LogP contribution >= 0.6 is 0 Å². The Hall–Kier alpha value is -1.22. The third kappa shape index (κ3) is 4.21. The second-order valence-electron chi connectivity index (χ2n) is 4.28. The second kappa shape index (κ2) is 6.30. The molecule has 0 aliphatic rings. The smallest absolute Gasteiger partial charge is 0.00990 e. The van der Waals surface area contributed by atoms with Crippen LogP contribution < -0.4 is 0 Å². The van der Waals surface area contributed by atoms with E-state index < -0.39 is 0 Å². The molecule has 0 N–H and O–H groups in total. The zero-order chi connectivity index (χ0) is 11.1. The molecule has 1 aromatic carbocycles. The predicted molar refractivity (Wildman–Crippen MR) is 65.2 cm³/mol. The van der Waals surface area contributed by atoms with Gasteiger partial charge in [-0.25, -0.2) is 0 Å². The molecule has 0 amide bonds. The van der Waals surface area contributed by atoms with Crippen molar-refractivity contribution in [1.82, 2.24) is 0 Å². The minimum absolute atomic E-state index is 0.617. The molecule has 0 saturated carbocycles. The molecule has 0 saturated heterocycles. The number of hydrogen-bond acceptors (Lipinski definition) is 0. The van der Waals surface area contributed by atoms with Gasteiger partial charge in [-0.1, -0.05) is 44.0 Å². The average Bonchev–Trinajstić information content (AvgIpc) is 2.25. The Morgan fingerprint density at radius 1 is 1.13 bits per heavy atom. The van der Waals surface area contributed by atoms with E-state index in [0.717, 1.165) is 25.7 Å². The summed E-state index contributed by atoms with van der Waals surface area (Å²) in [7, 11) is 0. The van der Waals surface area contributed by atoms with Crippen LogP contribution in [0, 0.1) is 12.3 Å². The first kappa shape index (κ1) is 11.9. The molecule has 0 aliphatic heterocycles. The van der Waals surface area contributed by atoms with Crippen molar-refractivity contribution in [2.24, 2.45) is 0 Å². The summed E-state index contributed by atoms with van der Waals surface area (Å²) < 4.78 is 0.